The highest BCUT2D eigenvalue weighted by Crippen LogP contribution is 2.24. The molecule has 0 atom stereocenters. The van der Waals surface area contributed by atoms with E-state index in [9.17, 15) is 14.4 Å². The Kier molecular flexibility index (Phi) is 3.39. The number of carboxylic acid groups (broad SMARTS) is 1. The van der Waals surface area contributed by atoms with Gasteiger partial charge in [0.1, 0.15) is 0 Å². The predicted molar refractivity (Wildman–Crippen MR) is 47.3 cm³/mol. The molecule has 2 amide bonds. The molecule has 5 nitrogen and oxygen atoms in total. The summed E-state index contributed by atoms with van der Waals surface area (Å²) < 4.78 is 0. The van der Waals surface area contributed by atoms with Gasteiger partial charge in [-0.2, -0.15) is 0 Å². The van der Waals surface area contributed by atoms with Crippen molar-refractivity contribution >= 4 is 18.3 Å². The molecule has 1 aliphatic carbocycles. The second-order valence-electron chi connectivity index (χ2n) is 3.06. The molecule has 76 valence electrons. The van der Waals surface area contributed by atoms with Crippen LogP contribution in [-0.4, -0.2) is 23.4 Å². The van der Waals surface area contributed by atoms with Crippen molar-refractivity contribution in [3.63, 3.8) is 0 Å². The summed E-state index contributed by atoms with van der Waals surface area (Å²) >= 11 is 0. The second-order valence-corrected chi connectivity index (χ2v) is 3.06. The van der Waals surface area contributed by atoms with Crippen LogP contribution >= 0.6 is 0 Å². The standard InChI is InChI=1S/C9H11NO4/c11-5-10-8(12)6-3-1-2-4-7(6)9(13)14/h5H,1-4H2,(H,13,14)(H,10,11,12). The quantitative estimate of drug-likeness (QED) is 0.633. The molecule has 14 heavy (non-hydrogen) atoms. The van der Waals surface area contributed by atoms with Gasteiger partial charge in [-0.3, -0.25) is 14.9 Å². The fourth-order valence-corrected chi connectivity index (χ4v) is 1.53. The van der Waals surface area contributed by atoms with Gasteiger partial charge in [0, 0.05) is 11.1 Å². The van der Waals surface area contributed by atoms with E-state index in [2.05, 4.69) is 0 Å². The highest BCUT2D eigenvalue weighted by atomic mass is 16.4. The zero-order valence-corrected chi connectivity index (χ0v) is 7.58. The number of carbonyl (C=O) groups is 3. The molecule has 0 fully saturated rings. The Morgan fingerprint density at radius 2 is 1.79 bits per heavy atom. The van der Waals surface area contributed by atoms with E-state index in [1.54, 1.807) is 0 Å². The van der Waals surface area contributed by atoms with Crippen LogP contribution in [0.1, 0.15) is 25.7 Å². The zero-order valence-electron chi connectivity index (χ0n) is 7.58. The lowest BCUT2D eigenvalue weighted by atomic mass is 9.91. The van der Waals surface area contributed by atoms with Crippen LogP contribution in [-0.2, 0) is 14.4 Å². The third-order valence-corrected chi connectivity index (χ3v) is 2.19. The molecule has 0 aromatic carbocycles. The Labute approximate surface area is 80.8 Å². The zero-order chi connectivity index (χ0) is 10.6. The van der Waals surface area contributed by atoms with Crippen molar-refractivity contribution in [3.05, 3.63) is 11.1 Å². The Morgan fingerprint density at radius 1 is 1.21 bits per heavy atom. The average molecular weight is 197 g/mol. The summed E-state index contributed by atoms with van der Waals surface area (Å²) in [7, 11) is 0. The molecule has 0 aromatic rings. The molecule has 0 aromatic heterocycles. The number of aliphatic carboxylic acids is 1. The van der Waals surface area contributed by atoms with E-state index in [-0.39, 0.29) is 17.6 Å². The van der Waals surface area contributed by atoms with Crippen molar-refractivity contribution in [1.29, 1.82) is 0 Å². The number of hydrogen-bond acceptors (Lipinski definition) is 3. The Bertz CT molecular complexity index is 306. The second kappa shape index (κ2) is 4.55. The first kappa shape index (κ1) is 10.4. The highest BCUT2D eigenvalue weighted by molar-refractivity contribution is 6.05. The van der Waals surface area contributed by atoms with Crippen LogP contribution in [0.4, 0.5) is 0 Å². The molecule has 0 heterocycles. The lowest BCUT2D eigenvalue weighted by Crippen LogP contribution is -2.27. The van der Waals surface area contributed by atoms with Crippen LogP contribution in [0.3, 0.4) is 0 Å². The van der Waals surface area contributed by atoms with E-state index >= 15 is 0 Å². The molecule has 0 radical (unpaired) electrons. The van der Waals surface area contributed by atoms with Gasteiger partial charge in [0.25, 0.3) is 5.91 Å². The van der Waals surface area contributed by atoms with Crippen molar-refractivity contribution in [2.75, 3.05) is 0 Å². The highest BCUT2D eigenvalue weighted by Gasteiger charge is 2.22. The Balaban J connectivity index is 2.93. The first-order valence-electron chi connectivity index (χ1n) is 4.36. The average Bonchev–Trinajstić information content (AvgIpc) is 2.18. The fraction of sp³-hybridized carbons (Fsp3) is 0.444. The molecular formula is C9H11NO4. The third-order valence-electron chi connectivity index (χ3n) is 2.19. The first-order valence-corrected chi connectivity index (χ1v) is 4.36. The van der Waals surface area contributed by atoms with Gasteiger partial charge < -0.3 is 5.11 Å². The number of hydrogen-bond donors (Lipinski definition) is 2. The van der Waals surface area contributed by atoms with Crippen molar-refractivity contribution in [2.24, 2.45) is 0 Å². The maximum absolute atomic E-state index is 11.2. The minimum absolute atomic E-state index is 0.135. The largest absolute Gasteiger partial charge is 0.478 e. The van der Waals surface area contributed by atoms with Crippen molar-refractivity contribution in [1.82, 2.24) is 5.32 Å². The summed E-state index contributed by atoms with van der Waals surface area (Å²) in [6, 6.07) is 0. The molecule has 0 bridgehead atoms. The summed E-state index contributed by atoms with van der Waals surface area (Å²) in [5.74, 6) is -1.65. The molecule has 1 rings (SSSR count). The van der Waals surface area contributed by atoms with E-state index in [0.717, 1.165) is 12.8 Å². The van der Waals surface area contributed by atoms with Crippen LogP contribution in [0.25, 0.3) is 0 Å². The minimum atomic E-state index is -1.07. The molecule has 5 heteroatoms. The van der Waals surface area contributed by atoms with Crippen LogP contribution < -0.4 is 5.32 Å². The predicted octanol–water partition coefficient (Wildman–Crippen LogP) is 0.214. The molecule has 0 saturated carbocycles. The van der Waals surface area contributed by atoms with Gasteiger partial charge in [-0.15, -0.1) is 0 Å². The fourth-order valence-electron chi connectivity index (χ4n) is 1.53. The summed E-state index contributed by atoms with van der Waals surface area (Å²) in [6.07, 6.45) is 2.67. The van der Waals surface area contributed by atoms with Gasteiger partial charge in [0.2, 0.25) is 6.41 Å². The summed E-state index contributed by atoms with van der Waals surface area (Å²) in [5, 5.41) is 10.8. The smallest absolute Gasteiger partial charge is 0.332 e. The topological polar surface area (TPSA) is 83.5 Å². The van der Waals surface area contributed by atoms with Crippen LogP contribution in [0.5, 0.6) is 0 Å². The van der Waals surface area contributed by atoms with E-state index < -0.39 is 11.9 Å². The van der Waals surface area contributed by atoms with Crippen LogP contribution in [0, 0.1) is 0 Å². The van der Waals surface area contributed by atoms with Gasteiger partial charge >= 0.3 is 5.97 Å². The maximum atomic E-state index is 11.2. The first-order chi connectivity index (χ1) is 6.66. The lowest BCUT2D eigenvalue weighted by molar-refractivity contribution is -0.133. The summed E-state index contributed by atoms with van der Waals surface area (Å²) in [5.41, 5.74) is 0.367. The van der Waals surface area contributed by atoms with Crippen molar-refractivity contribution in [2.45, 2.75) is 25.7 Å². The number of carboxylic acids is 1. The number of nitrogens with one attached hydrogen (secondary N) is 1. The van der Waals surface area contributed by atoms with E-state index in [1.165, 1.54) is 0 Å². The van der Waals surface area contributed by atoms with Crippen LogP contribution in [0.15, 0.2) is 11.1 Å². The number of amides is 2. The molecule has 0 saturated heterocycles. The van der Waals surface area contributed by atoms with Gasteiger partial charge in [0.05, 0.1) is 0 Å². The SMILES string of the molecule is O=CNC(=O)C1=C(C(=O)O)CCCC1. The molecule has 0 spiro atoms. The molecular weight excluding hydrogens is 186 g/mol. The minimum Gasteiger partial charge on any atom is -0.478 e. The summed E-state index contributed by atoms with van der Waals surface area (Å²) in [6.45, 7) is 0. The normalized spacial score (nSPS) is 16.3. The van der Waals surface area contributed by atoms with E-state index in [0.29, 0.717) is 12.8 Å². The molecule has 2 N–H and O–H groups in total. The molecule has 0 aliphatic heterocycles. The number of carbonyl (C=O) groups excluding carboxylic acids is 2. The third kappa shape index (κ3) is 2.18. The monoisotopic (exact) mass is 197 g/mol. The maximum Gasteiger partial charge on any atom is 0.332 e. The Hall–Kier alpha value is -1.65. The van der Waals surface area contributed by atoms with Crippen LogP contribution in [0.2, 0.25) is 0 Å². The van der Waals surface area contributed by atoms with Gasteiger partial charge in [-0.1, -0.05) is 0 Å². The molecule has 0 unspecified atom stereocenters. The van der Waals surface area contributed by atoms with Gasteiger partial charge in [0.15, 0.2) is 0 Å². The van der Waals surface area contributed by atoms with E-state index in [4.69, 9.17) is 5.11 Å². The molecule has 1 aliphatic rings. The van der Waals surface area contributed by atoms with Crippen molar-refractivity contribution < 1.29 is 19.5 Å². The summed E-state index contributed by atoms with van der Waals surface area (Å²) in [4.78, 5) is 32.0. The number of imide groups is 1. The lowest BCUT2D eigenvalue weighted by Gasteiger charge is -2.15. The Morgan fingerprint density at radius 3 is 2.29 bits per heavy atom. The number of rotatable bonds is 3. The van der Waals surface area contributed by atoms with Gasteiger partial charge in [-0.25, -0.2) is 4.79 Å². The van der Waals surface area contributed by atoms with E-state index in [1.807, 2.05) is 5.32 Å². The van der Waals surface area contributed by atoms with Crippen molar-refractivity contribution in [3.8, 4) is 0 Å². The van der Waals surface area contributed by atoms with Gasteiger partial charge in [-0.05, 0) is 25.7 Å².